The van der Waals surface area contributed by atoms with Crippen molar-refractivity contribution < 1.29 is 17.9 Å². The lowest BCUT2D eigenvalue weighted by molar-refractivity contribution is 0.0946. The highest BCUT2D eigenvalue weighted by Gasteiger charge is 2.25. The van der Waals surface area contributed by atoms with Gasteiger partial charge >= 0.3 is 6.09 Å². The normalized spacial score (nSPS) is 18.9. The van der Waals surface area contributed by atoms with Crippen LogP contribution in [0.2, 0.25) is 0 Å². The Bertz CT molecular complexity index is 403. The van der Waals surface area contributed by atoms with Gasteiger partial charge in [-0.25, -0.2) is 13.2 Å². The number of hydrogen-bond donors (Lipinski definition) is 1. The van der Waals surface area contributed by atoms with Gasteiger partial charge in [0.2, 0.25) is 0 Å². The third-order valence-corrected chi connectivity index (χ3v) is 5.37. The van der Waals surface area contributed by atoms with Gasteiger partial charge in [-0.15, -0.1) is 0 Å². The van der Waals surface area contributed by atoms with Crippen molar-refractivity contribution in [3.8, 4) is 0 Å². The van der Waals surface area contributed by atoms with E-state index in [-0.39, 0.29) is 29.7 Å². The van der Waals surface area contributed by atoms with Crippen LogP contribution >= 0.6 is 0 Å². The van der Waals surface area contributed by atoms with Crippen molar-refractivity contribution in [3.05, 3.63) is 0 Å². The van der Waals surface area contributed by atoms with Crippen molar-refractivity contribution in [1.29, 1.82) is 0 Å². The lowest BCUT2D eigenvalue weighted by atomic mass is 10.0. The number of carbonyl (C=O) groups excluding carboxylic acids is 1. The zero-order chi connectivity index (χ0) is 15.2. The Labute approximate surface area is 121 Å². The fraction of sp³-hybridized carbons (Fsp3) is 0.923. The average molecular weight is 306 g/mol. The minimum Gasteiger partial charge on any atom is -0.450 e. The van der Waals surface area contributed by atoms with Crippen molar-refractivity contribution >= 4 is 15.9 Å². The van der Waals surface area contributed by atoms with Crippen LogP contribution in [-0.4, -0.2) is 62.7 Å². The predicted molar refractivity (Wildman–Crippen MR) is 78.5 cm³/mol. The van der Waals surface area contributed by atoms with Gasteiger partial charge in [-0.3, -0.25) is 0 Å². The molecule has 1 rings (SSSR count). The molecule has 1 unspecified atom stereocenters. The van der Waals surface area contributed by atoms with E-state index in [2.05, 4.69) is 5.32 Å². The lowest BCUT2D eigenvalue weighted by Gasteiger charge is -2.33. The molecule has 0 spiro atoms. The van der Waals surface area contributed by atoms with E-state index in [1.165, 1.54) is 0 Å². The maximum atomic E-state index is 11.6. The highest BCUT2D eigenvalue weighted by molar-refractivity contribution is 7.91. The molecule has 0 aromatic heterocycles. The largest absolute Gasteiger partial charge is 0.450 e. The van der Waals surface area contributed by atoms with Crippen LogP contribution in [0.3, 0.4) is 0 Å². The van der Waals surface area contributed by atoms with Crippen molar-refractivity contribution in [2.75, 3.05) is 31.2 Å². The molecular formula is C13H26N2O4S. The van der Waals surface area contributed by atoms with Crippen molar-refractivity contribution in [1.82, 2.24) is 10.2 Å². The number of likely N-dealkylation sites (tertiary alicyclic amines) is 1. The first-order valence-corrected chi connectivity index (χ1v) is 9.08. The van der Waals surface area contributed by atoms with E-state index >= 15 is 0 Å². The summed E-state index contributed by atoms with van der Waals surface area (Å²) in [6, 6.07) is 0.210. The molecule has 1 aliphatic rings. The van der Waals surface area contributed by atoms with Crippen molar-refractivity contribution in [2.24, 2.45) is 0 Å². The van der Waals surface area contributed by atoms with Crippen LogP contribution in [0.1, 0.15) is 33.6 Å². The van der Waals surface area contributed by atoms with E-state index < -0.39 is 9.84 Å². The number of sulfone groups is 1. The smallest absolute Gasteiger partial charge is 0.409 e. The summed E-state index contributed by atoms with van der Waals surface area (Å²) in [4.78, 5) is 13.3. The molecule has 1 heterocycles. The quantitative estimate of drug-likeness (QED) is 0.793. The summed E-state index contributed by atoms with van der Waals surface area (Å²) in [6.07, 6.45) is 1.40. The summed E-state index contributed by atoms with van der Waals surface area (Å²) < 4.78 is 28.1. The molecule has 0 aromatic carbocycles. The monoisotopic (exact) mass is 306 g/mol. The summed E-state index contributed by atoms with van der Waals surface area (Å²) in [5, 5.41) is 3.34. The Balaban J connectivity index is 2.34. The van der Waals surface area contributed by atoms with Gasteiger partial charge in [0.25, 0.3) is 0 Å². The van der Waals surface area contributed by atoms with E-state index in [0.717, 1.165) is 12.8 Å². The van der Waals surface area contributed by atoms with Crippen LogP contribution < -0.4 is 5.32 Å². The minimum absolute atomic E-state index is 0.0564. The fourth-order valence-corrected chi connectivity index (χ4v) is 3.49. The van der Waals surface area contributed by atoms with Gasteiger partial charge in [0.1, 0.15) is 0 Å². The number of ether oxygens (including phenoxy) is 1. The highest BCUT2D eigenvalue weighted by atomic mass is 32.2. The third-order valence-electron chi connectivity index (χ3n) is 3.48. The van der Waals surface area contributed by atoms with E-state index in [1.807, 2.05) is 6.92 Å². The number of nitrogens with one attached hydrogen (secondary N) is 1. The first-order valence-electron chi connectivity index (χ1n) is 7.26. The highest BCUT2D eigenvalue weighted by Crippen LogP contribution is 2.12. The van der Waals surface area contributed by atoms with Crippen LogP contribution in [0.5, 0.6) is 0 Å². The van der Waals surface area contributed by atoms with Crippen molar-refractivity contribution in [3.63, 3.8) is 0 Å². The molecule has 0 aromatic rings. The zero-order valence-electron chi connectivity index (χ0n) is 12.6. The summed E-state index contributed by atoms with van der Waals surface area (Å²) in [7, 11) is -2.95. The van der Waals surface area contributed by atoms with Crippen LogP contribution in [0.15, 0.2) is 0 Å². The minimum atomic E-state index is -2.95. The molecular weight excluding hydrogens is 280 g/mol. The van der Waals surface area contributed by atoms with Crippen LogP contribution in [0.4, 0.5) is 4.79 Å². The Morgan fingerprint density at radius 2 is 1.95 bits per heavy atom. The molecule has 1 N–H and O–H groups in total. The SMILES string of the molecule is CCOC(=O)N1CCC(NC(C)CS(=O)(=O)CC)CC1. The second-order valence-electron chi connectivity index (χ2n) is 5.23. The molecule has 0 aliphatic carbocycles. The first-order chi connectivity index (χ1) is 9.38. The van der Waals surface area contributed by atoms with Gasteiger partial charge in [-0.05, 0) is 26.7 Å². The molecule has 20 heavy (non-hydrogen) atoms. The van der Waals surface area contributed by atoms with Crippen molar-refractivity contribution in [2.45, 2.75) is 45.7 Å². The van der Waals surface area contributed by atoms with E-state index in [0.29, 0.717) is 19.7 Å². The zero-order valence-corrected chi connectivity index (χ0v) is 13.4. The second-order valence-corrected chi connectivity index (χ2v) is 7.62. The summed E-state index contributed by atoms with van der Waals surface area (Å²) in [6.45, 7) is 7.06. The Morgan fingerprint density at radius 3 is 2.45 bits per heavy atom. The van der Waals surface area contributed by atoms with E-state index in [1.54, 1.807) is 18.7 Å². The number of hydrogen-bond acceptors (Lipinski definition) is 5. The second kappa shape index (κ2) is 7.83. The molecule has 7 heteroatoms. The van der Waals surface area contributed by atoms with Gasteiger partial charge in [0, 0.05) is 30.9 Å². The first kappa shape index (κ1) is 17.2. The van der Waals surface area contributed by atoms with Gasteiger partial charge in [-0.2, -0.15) is 0 Å². The number of amides is 1. The predicted octanol–water partition coefficient (Wildman–Crippen LogP) is 1.02. The topological polar surface area (TPSA) is 75.7 Å². The molecule has 0 saturated carbocycles. The standard InChI is InChI=1S/C13H26N2O4S/c1-4-19-13(16)15-8-6-12(7-9-15)14-11(3)10-20(17,18)5-2/h11-12,14H,4-10H2,1-3H3. The Kier molecular flexibility index (Phi) is 6.75. The van der Waals surface area contributed by atoms with Crippen LogP contribution in [-0.2, 0) is 14.6 Å². The lowest BCUT2D eigenvalue weighted by Crippen LogP contribution is -2.48. The fourth-order valence-electron chi connectivity index (χ4n) is 2.39. The number of carbonyl (C=O) groups is 1. The molecule has 6 nitrogen and oxygen atoms in total. The van der Waals surface area contributed by atoms with Crippen LogP contribution in [0, 0.1) is 0 Å². The average Bonchev–Trinajstić information content (AvgIpc) is 2.39. The van der Waals surface area contributed by atoms with Crippen LogP contribution in [0.25, 0.3) is 0 Å². The third kappa shape index (κ3) is 5.66. The van der Waals surface area contributed by atoms with E-state index in [9.17, 15) is 13.2 Å². The maximum Gasteiger partial charge on any atom is 0.409 e. The summed E-state index contributed by atoms with van der Waals surface area (Å²) in [5.74, 6) is 0.349. The Hall–Kier alpha value is -0.820. The number of rotatable bonds is 6. The van der Waals surface area contributed by atoms with Gasteiger partial charge in [0.15, 0.2) is 9.84 Å². The van der Waals surface area contributed by atoms with Gasteiger partial charge < -0.3 is 15.0 Å². The molecule has 0 radical (unpaired) electrons. The Morgan fingerprint density at radius 1 is 1.35 bits per heavy atom. The van der Waals surface area contributed by atoms with E-state index in [4.69, 9.17) is 4.74 Å². The number of piperidine rings is 1. The molecule has 1 saturated heterocycles. The molecule has 1 amide bonds. The molecule has 1 fully saturated rings. The molecule has 1 atom stereocenters. The summed E-state index contributed by atoms with van der Waals surface area (Å²) in [5.41, 5.74) is 0. The van der Waals surface area contributed by atoms with Gasteiger partial charge in [-0.1, -0.05) is 6.92 Å². The molecule has 1 aliphatic heterocycles. The maximum absolute atomic E-state index is 11.6. The molecule has 0 bridgehead atoms. The molecule has 118 valence electrons. The number of nitrogens with zero attached hydrogens (tertiary/aromatic N) is 1. The summed E-state index contributed by atoms with van der Waals surface area (Å²) >= 11 is 0. The van der Waals surface area contributed by atoms with Gasteiger partial charge in [0.05, 0.1) is 12.4 Å².